The molecule has 0 radical (unpaired) electrons. The van der Waals surface area contributed by atoms with Gasteiger partial charge in [-0.1, -0.05) is 12.1 Å². The third-order valence-electron chi connectivity index (χ3n) is 2.19. The number of nitrogens with zero attached hydrogens (tertiary/aromatic N) is 1. The SMILES string of the molecule is Br.Nc1nc(C(=O)O)c(Cc2ccc(I)cc2)s1. The second-order valence-electron chi connectivity index (χ2n) is 3.43. The molecule has 18 heavy (non-hydrogen) atoms. The molecule has 0 aliphatic carbocycles. The molecular formula is C11H10BrIN2O2S. The average Bonchev–Trinajstić information content (AvgIpc) is 2.63. The molecule has 0 fully saturated rings. The van der Waals surface area contributed by atoms with E-state index in [2.05, 4.69) is 27.6 Å². The molecule has 2 aromatic rings. The third kappa shape index (κ3) is 3.66. The molecule has 1 aromatic heterocycles. The van der Waals surface area contributed by atoms with Crippen LogP contribution in [-0.4, -0.2) is 16.1 Å². The number of carboxylic acids is 1. The van der Waals surface area contributed by atoms with Gasteiger partial charge in [0.05, 0.1) is 0 Å². The zero-order valence-electron chi connectivity index (χ0n) is 9.09. The number of hydrogen-bond donors (Lipinski definition) is 2. The summed E-state index contributed by atoms with van der Waals surface area (Å²) in [6, 6.07) is 7.92. The van der Waals surface area contributed by atoms with Crippen LogP contribution in [0.5, 0.6) is 0 Å². The molecule has 1 aromatic carbocycles. The zero-order valence-corrected chi connectivity index (χ0v) is 13.8. The lowest BCUT2D eigenvalue weighted by atomic mass is 10.1. The van der Waals surface area contributed by atoms with Crippen LogP contribution in [0.1, 0.15) is 20.9 Å². The lowest BCUT2D eigenvalue weighted by Gasteiger charge is -2.00. The summed E-state index contributed by atoms with van der Waals surface area (Å²) in [6.45, 7) is 0. The summed E-state index contributed by atoms with van der Waals surface area (Å²) in [5.74, 6) is -1.03. The van der Waals surface area contributed by atoms with Crippen molar-refractivity contribution in [3.63, 3.8) is 0 Å². The van der Waals surface area contributed by atoms with Gasteiger partial charge in [-0.25, -0.2) is 9.78 Å². The maximum atomic E-state index is 11.0. The predicted molar refractivity (Wildman–Crippen MR) is 85.8 cm³/mol. The van der Waals surface area contributed by atoms with Crippen molar-refractivity contribution in [2.45, 2.75) is 6.42 Å². The number of halogens is 2. The summed E-state index contributed by atoms with van der Waals surface area (Å²) in [7, 11) is 0. The number of anilines is 1. The van der Waals surface area contributed by atoms with Gasteiger partial charge in [-0.2, -0.15) is 0 Å². The Morgan fingerprint density at radius 3 is 2.56 bits per heavy atom. The summed E-state index contributed by atoms with van der Waals surface area (Å²) in [4.78, 5) is 15.5. The fraction of sp³-hybridized carbons (Fsp3) is 0.0909. The van der Waals surface area contributed by atoms with Crippen molar-refractivity contribution in [2.24, 2.45) is 0 Å². The van der Waals surface area contributed by atoms with Gasteiger partial charge in [0.25, 0.3) is 0 Å². The predicted octanol–water partition coefficient (Wildman–Crippen LogP) is 3.20. The van der Waals surface area contributed by atoms with E-state index in [1.54, 1.807) is 0 Å². The molecule has 0 spiro atoms. The number of carbonyl (C=O) groups is 1. The fourth-order valence-corrected chi connectivity index (χ4v) is 2.66. The minimum atomic E-state index is -1.03. The molecule has 0 saturated carbocycles. The van der Waals surface area contributed by atoms with E-state index in [4.69, 9.17) is 10.8 Å². The van der Waals surface area contributed by atoms with E-state index in [1.165, 1.54) is 11.3 Å². The van der Waals surface area contributed by atoms with Crippen molar-refractivity contribution in [3.05, 3.63) is 44.0 Å². The molecule has 3 N–H and O–H groups in total. The maximum Gasteiger partial charge on any atom is 0.355 e. The van der Waals surface area contributed by atoms with Crippen molar-refractivity contribution in [2.75, 3.05) is 5.73 Å². The normalized spacial score (nSPS) is 9.83. The number of hydrogen-bond acceptors (Lipinski definition) is 4. The van der Waals surface area contributed by atoms with E-state index in [1.807, 2.05) is 24.3 Å². The van der Waals surface area contributed by atoms with Gasteiger partial charge in [-0.3, -0.25) is 0 Å². The first kappa shape index (κ1) is 15.4. The van der Waals surface area contributed by atoms with Crippen molar-refractivity contribution in [1.29, 1.82) is 0 Å². The minimum Gasteiger partial charge on any atom is -0.476 e. The molecule has 4 nitrogen and oxygen atoms in total. The van der Waals surface area contributed by atoms with Gasteiger partial charge in [-0.05, 0) is 40.3 Å². The van der Waals surface area contributed by atoms with Gasteiger partial charge in [0, 0.05) is 14.9 Å². The molecular weight excluding hydrogens is 431 g/mol. The summed E-state index contributed by atoms with van der Waals surface area (Å²) in [6.07, 6.45) is 0.549. The Kier molecular flexibility index (Phi) is 5.54. The van der Waals surface area contributed by atoms with Crippen LogP contribution in [0.25, 0.3) is 0 Å². The van der Waals surface area contributed by atoms with E-state index in [9.17, 15) is 4.79 Å². The third-order valence-corrected chi connectivity index (χ3v) is 3.80. The topological polar surface area (TPSA) is 76.2 Å². The van der Waals surface area contributed by atoms with E-state index < -0.39 is 5.97 Å². The highest BCUT2D eigenvalue weighted by molar-refractivity contribution is 14.1. The highest BCUT2D eigenvalue weighted by Gasteiger charge is 2.16. The molecule has 0 aliphatic rings. The molecule has 0 saturated heterocycles. The van der Waals surface area contributed by atoms with Crippen molar-refractivity contribution >= 4 is 62.0 Å². The van der Waals surface area contributed by atoms with Gasteiger partial charge in [0.15, 0.2) is 10.8 Å². The van der Waals surface area contributed by atoms with Crippen LogP contribution in [0, 0.1) is 3.57 Å². The molecule has 0 unspecified atom stereocenters. The van der Waals surface area contributed by atoms with Gasteiger partial charge >= 0.3 is 5.97 Å². The number of carboxylic acid groups (broad SMARTS) is 1. The second-order valence-corrected chi connectivity index (χ2v) is 5.79. The number of nitrogens with two attached hydrogens (primary N) is 1. The molecule has 0 amide bonds. The quantitative estimate of drug-likeness (QED) is 0.718. The Bertz CT molecular complexity index is 557. The van der Waals surface area contributed by atoms with Crippen LogP contribution in [0.3, 0.4) is 0 Å². The molecule has 0 atom stereocenters. The number of benzene rings is 1. The Morgan fingerprint density at radius 2 is 2.00 bits per heavy atom. The monoisotopic (exact) mass is 440 g/mol. The lowest BCUT2D eigenvalue weighted by Crippen LogP contribution is -2.01. The number of nitrogen functional groups attached to an aromatic ring is 1. The molecule has 7 heteroatoms. The summed E-state index contributed by atoms with van der Waals surface area (Å²) in [5.41, 5.74) is 6.65. The smallest absolute Gasteiger partial charge is 0.355 e. The largest absolute Gasteiger partial charge is 0.476 e. The summed E-state index contributed by atoms with van der Waals surface area (Å²) in [5, 5.41) is 9.28. The van der Waals surface area contributed by atoms with Crippen LogP contribution in [-0.2, 0) is 6.42 Å². The van der Waals surface area contributed by atoms with Crippen molar-refractivity contribution in [3.8, 4) is 0 Å². The van der Waals surface area contributed by atoms with E-state index in [0.717, 1.165) is 9.13 Å². The summed E-state index contributed by atoms with van der Waals surface area (Å²) < 4.78 is 1.15. The molecule has 0 bridgehead atoms. The first-order valence-corrected chi connectivity index (χ1v) is 6.68. The Labute approximate surface area is 132 Å². The van der Waals surface area contributed by atoms with Gasteiger partial charge in [0.2, 0.25) is 0 Å². The Balaban J connectivity index is 0.00000162. The van der Waals surface area contributed by atoms with E-state index in [0.29, 0.717) is 16.4 Å². The first-order chi connectivity index (χ1) is 8.06. The maximum absolute atomic E-state index is 11.0. The Hall–Kier alpha value is -0.670. The average molecular weight is 441 g/mol. The van der Waals surface area contributed by atoms with E-state index >= 15 is 0 Å². The van der Waals surface area contributed by atoms with Crippen molar-refractivity contribution in [1.82, 2.24) is 4.98 Å². The second kappa shape index (κ2) is 6.48. The minimum absolute atomic E-state index is 0. The van der Waals surface area contributed by atoms with Gasteiger partial charge in [0.1, 0.15) is 0 Å². The molecule has 0 aliphatic heterocycles. The zero-order chi connectivity index (χ0) is 12.4. The standard InChI is InChI=1S/C11H9IN2O2S.BrH/c12-7-3-1-6(2-4-7)5-8-9(10(15)16)14-11(13)17-8;/h1-4H,5H2,(H2,13,14)(H,15,16);1H. The highest BCUT2D eigenvalue weighted by atomic mass is 127. The first-order valence-electron chi connectivity index (χ1n) is 4.79. The number of aromatic nitrogens is 1. The van der Waals surface area contributed by atoms with Crippen LogP contribution < -0.4 is 5.73 Å². The number of rotatable bonds is 3. The molecule has 1 heterocycles. The number of thiazole rings is 1. The number of aromatic carboxylic acids is 1. The summed E-state index contributed by atoms with van der Waals surface area (Å²) >= 11 is 3.45. The van der Waals surface area contributed by atoms with Crippen LogP contribution in [0.15, 0.2) is 24.3 Å². The molecule has 96 valence electrons. The van der Waals surface area contributed by atoms with Gasteiger partial charge in [-0.15, -0.1) is 28.3 Å². The van der Waals surface area contributed by atoms with Crippen LogP contribution in [0.2, 0.25) is 0 Å². The van der Waals surface area contributed by atoms with Crippen LogP contribution >= 0.6 is 50.9 Å². The van der Waals surface area contributed by atoms with Gasteiger partial charge < -0.3 is 10.8 Å². The van der Waals surface area contributed by atoms with Crippen LogP contribution in [0.4, 0.5) is 5.13 Å². The van der Waals surface area contributed by atoms with E-state index in [-0.39, 0.29) is 22.7 Å². The highest BCUT2D eigenvalue weighted by Crippen LogP contribution is 2.23. The molecule has 2 rings (SSSR count). The van der Waals surface area contributed by atoms with Crippen molar-refractivity contribution < 1.29 is 9.90 Å². The Morgan fingerprint density at radius 1 is 1.39 bits per heavy atom. The lowest BCUT2D eigenvalue weighted by molar-refractivity contribution is 0.0690. The fourth-order valence-electron chi connectivity index (χ4n) is 1.44.